The van der Waals surface area contributed by atoms with Gasteiger partial charge < -0.3 is 19.7 Å². The minimum atomic E-state index is -0.217. The molecule has 7 heteroatoms. The van der Waals surface area contributed by atoms with E-state index in [-0.39, 0.29) is 12.5 Å². The van der Waals surface area contributed by atoms with Crippen LogP contribution in [0.15, 0.2) is 53.6 Å². The molecule has 1 aliphatic rings. The summed E-state index contributed by atoms with van der Waals surface area (Å²) < 4.78 is 11.8. The van der Waals surface area contributed by atoms with Crippen molar-refractivity contribution in [2.24, 2.45) is 0 Å². The molecule has 1 N–H and O–H groups in total. The first-order valence-corrected chi connectivity index (χ1v) is 15.4. The maximum absolute atomic E-state index is 12.6. The molecular weight excluding hydrogens is 516 g/mol. The number of nitrogens with zero attached hydrogens (tertiary/aromatic N) is 1. The number of nitrogens with one attached hydrogen (secondary N) is 1. The van der Waals surface area contributed by atoms with Crippen LogP contribution in [0, 0.1) is 0 Å². The van der Waals surface area contributed by atoms with E-state index in [9.17, 15) is 4.79 Å². The molecule has 0 spiro atoms. The summed E-state index contributed by atoms with van der Waals surface area (Å²) in [5.41, 5.74) is 1.91. The van der Waals surface area contributed by atoms with Crippen molar-refractivity contribution in [3.05, 3.63) is 64.2 Å². The summed E-state index contributed by atoms with van der Waals surface area (Å²) in [6, 6.07) is 13.2. The van der Waals surface area contributed by atoms with Gasteiger partial charge in [0.15, 0.2) is 18.1 Å². The van der Waals surface area contributed by atoms with Crippen LogP contribution in [0.1, 0.15) is 83.6 Å². The second-order valence-electron chi connectivity index (χ2n) is 9.92. The molecule has 0 bridgehead atoms. The first-order valence-electron chi connectivity index (χ1n) is 14.0. The third-order valence-corrected chi connectivity index (χ3v) is 7.70. The van der Waals surface area contributed by atoms with Crippen molar-refractivity contribution in [3.63, 3.8) is 0 Å². The zero-order chi connectivity index (χ0) is 27.0. The first-order chi connectivity index (χ1) is 18.5. The minimum Gasteiger partial charge on any atom is -0.490 e. The highest BCUT2D eigenvalue weighted by molar-refractivity contribution is 8.03. The van der Waals surface area contributed by atoms with Gasteiger partial charge in [-0.05, 0) is 48.1 Å². The van der Waals surface area contributed by atoms with E-state index < -0.39 is 0 Å². The maximum Gasteiger partial charge on any atom is 0.262 e. The number of thioether (sulfide) groups is 1. The number of amides is 1. The molecular formula is C31H43ClN2O3S. The predicted molar refractivity (Wildman–Crippen MR) is 161 cm³/mol. The van der Waals surface area contributed by atoms with Crippen molar-refractivity contribution in [2.45, 2.75) is 84.6 Å². The van der Waals surface area contributed by atoms with Gasteiger partial charge >= 0.3 is 0 Å². The lowest BCUT2D eigenvalue weighted by Crippen LogP contribution is -2.20. The second kappa shape index (κ2) is 17.3. The highest BCUT2D eigenvalue weighted by atomic mass is 35.5. The van der Waals surface area contributed by atoms with E-state index in [1.807, 2.05) is 30.0 Å². The van der Waals surface area contributed by atoms with Crippen molar-refractivity contribution < 1.29 is 14.3 Å². The van der Waals surface area contributed by atoms with Crippen LogP contribution in [0.4, 0.5) is 5.69 Å². The number of rotatable bonds is 18. The van der Waals surface area contributed by atoms with Crippen LogP contribution in [0.2, 0.25) is 5.02 Å². The zero-order valence-electron chi connectivity index (χ0n) is 23.0. The number of halogens is 1. The van der Waals surface area contributed by atoms with E-state index >= 15 is 0 Å². The third kappa shape index (κ3) is 11.6. The Kier molecular flexibility index (Phi) is 13.8. The molecule has 0 saturated heterocycles. The molecule has 3 rings (SSSR count). The Morgan fingerprint density at radius 2 is 1.68 bits per heavy atom. The number of allylic oxidation sites excluding steroid dienone is 1. The number of hydrogen-bond donors (Lipinski definition) is 1. The van der Waals surface area contributed by atoms with Crippen LogP contribution in [0.25, 0.3) is 0 Å². The molecule has 0 aliphatic carbocycles. The third-order valence-electron chi connectivity index (χ3n) is 6.44. The zero-order valence-corrected chi connectivity index (χ0v) is 24.5. The lowest BCUT2D eigenvalue weighted by atomic mass is 10.1. The Labute approximate surface area is 238 Å². The Hall–Kier alpha value is -2.31. The van der Waals surface area contributed by atoms with Gasteiger partial charge in [0, 0.05) is 29.5 Å². The Balaban J connectivity index is 1.37. The van der Waals surface area contributed by atoms with Gasteiger partial charge in [-0.3, -0.25) is 4.79 Å². The largest absolute Gasteiger partial charge is 0.490 e. The van der Waals surface area contributed by atoms with Gasteiger partial charge in [-0.2, -0.15) is 0 Å². The molecule has 2 aromatic carbocycles. The Bertz CT molecular complexity index is 1030. The van der Waals surface area contributed by atoms with E-state index in [4.69, 9.17) is 21.1 Å². The molecule has 0 radical (unpaired) electrons. The molecule has 0 saturated carbocycles. The van der Waals surface area contributed by atoms with E-state index in [2.05, 4.69) is 36.3 Å². The average Bonchev–Trinajstić information content (AvgIpc) is 3.31. The normalized spacial score (nSPS) is 12.9. The van der Waals surface area contributed by atoms with Crippen LogP contribution < -0.4 is 14.8 Å². The summed E-state index contributed by atoms with van der Waals surface area (Å²) in [6.07, 6.45) is 14.9. The second-order valence-corrected chi connectivity index (χ2v) is 11.5. The van der Waals surface area contributed by atoms with Crippen molar-refractivity contribution in [1.29, 1.82) is 0 Å². The van der Waals surface area contributed by atoms with Crippen molar-refractivity contribution >= 4 is 35.0 Å². The quantitative estimate of drug-likeness (QED) is 0.185. The molecule has 0 unspecified atom stereocenters. The van der Waals surface area contributed by atoms with Crippen molar-refractivity contribution in [2.75, 3.05) is 24.4 Å². The van der Waals surface area contributed by atoms with Gasteiger partial charge in [-0.15, -0.1) is 11.8 Å². The summed E-state index contributed by atoms with van der Waals surface area (Å²) in [5.74, 6) is 1.85. The van der Waals surface area contributed by atoms with Crippen LogP contribution in [0.3, 0.4) is 0 Å². The van der Waals surface area contributed by atoms with Crippen molar-refractivity contribution in [1.82, 2.24) is 4.90 Å². The van der Waals surface area contributed by atoms with E-state index in [0.29, 0.717) is 23.1 Å². The number of ether oxygens (including phenoxy) is 2. The van der Waals surface area contributed by atoms with E-state index in [1.165, 1.54) is 56.3 Å². The number of carbonyl (C=O) groups is 1. The summed E-state index contributed by atoms with van der Waals surface area (Å²) in [7, 11) is 0. The maximum atomic E-state index is 12.6. The highest BCUT2D eigenvalue weighted by Crippen LogP contribution is 2.31. The van der Waals surface area contributed by atoms with Gasteiger partial charge in [0.2, 0.25) is 0 Å². The molecule has 208 valence electrons. The smallest absolute Gasteiger partial charge is 0.262 e. The number of carbonyl (C=O) groups excluding carboxylic acids is 1. The van der Waals surface area contributed by atoms with Crippen LogP contribution in [0.5, 0.6) is 11.5 Å². The average molecular weight is 559 g/mol. The van der Waals surface area contributed by atoms with E-state index in [0.717, 1.165) is 36.5 Å². The SMILES string of the molecule is CCCCCCCCCCCCOc1cc(Cl)ccc1OCC(=O)Nc1cccc(CN2C=C(C)SC2)c1. The molecule has 38 heavy (non-hydrogen) atoms. The van der Waals surface area contributed by atoms with Gasteiger partial charge in [0.1, 0.15) is 0 Å². The van der Waals surface area contributed by atoms with Crippen LogP contribution in [-0.4, -0.2) is 29.9 Å². The lowest BCUT2D eigenvalue weighted by molar-refractivity contribution is -0.118. The lowest BCUT2D eigenvalue weighted by Gasteiger charge is -2.16. The summed E-state index contributed by atoms with van der Waals surface area (Å²) in [4.78, 5) is 16.2. The van der Waals surface area contributed by atoms with E-state index in [1.54, 1.807) is 18.2 Å². The van der Waals surface area contributed by atoms with Gasteiger partial charge in [0.25, 0.3) is 5.91 Å². The molecule has 0 aromatic heterocycles. The Morgan fingerprint density at radius 1 is 0.947 bits per heavy atom. The van der Waals surface area contributed by atoms with Crippen LogP contribution >= 0.6 is 23.4 Å². The summed E-state index contributed by atoms with van der Waals surface area (Å²) in [5, 5.41) is 3.52. The number of benzene rings is 2. The summed E-state index contributed by atoms with van der Waals surface area (Å²) in [6.45, 7) is 5.69. The monoisotopic (exact) mass is 558 g/mol. The van der Waals surface area contributed by atoms with Crippen LogP contribution in [-0.2, 0) is 11.3 Å². The fourth-order valence-corrected chi connectivity index (χ4v) is 5.34. The molecule has 5 nitrogen and oxygen atoms in total. The molecule has 0 atom stereocenters. The fourth-order valence-electron chi connectivity index (χ4n) is 4.42. The summed E-state index contributed by atoms with van der Waals surface area (Å²) >= 11 is 8.03. The molecule has 0 fully saturated rings. The standard InChI is InChI=1S/C31H43ClN2O3S/c1-3-4-5-6-7-8-9-10-11-12-18-36-30-20-27(32)16-17-29(30)37-23-31(35)33-28-15-13-14-26(19-28)22-34-21-25(2)38-24-34/h13-17,19-21H,3-12,18,22-24H2,1-2H3,(H,33,35). The topological polar surface area (TPSA) is 50.8 Å². The van der Waals surface area contributed by atoms with Gasteiger partial charge in [-0.25, -0.2) is 0 Å². The molecule has 2 aromatic rings. The number of unbranched alkanes of at least 4 members (excludes halogenated alkanes) is 9. The highest BCUT2D eigenvalue weighted by Gasteiger charge is 2.12. The minimum absolute atomic E-state index is 0.106. The van der Waals surface area contributed by atoms with Gasteiger partial charge in [-0.1, -0.05) is 88.4 Å². The number of anilines is 1. The molecule has 1 amide bonds. The first kappa shape index (κ1) is 30.2. The van der Waals surface area contributed by atoms with Gasteiger partial charge in [0.05, 0.1) is 12.5 Å². The Morgan fingerprint density at radius 3 is 2.39 bits per heavy atom. The predicted octanol–water partition coefficient (Wildman–Crippen LogP) is 9.02. The fraction of sp³-hybridized carbons (Fsp3) is 0.516. The molecule has 1 aliphatic heterocycles. The number of hydrogen-bond acceptors (Lipinski definition) is 5. The van der Waals surface area contributed by atoms with Crippen molar-refractivity contribution in [3.8, 4) is 11.5 Å². The molecule has 1 heterocycles.